The van der Waals surface area contributed by atoms with Crippen LogP contribution in [0.2, 0.25) is 0 Å². The van der Waals surface area contributed by atoms with Crippen molar-refractivity contribution in [3.05, 3.63) is 270 Å². The monoisotopic (exact) mass is 878 g/mol. The number of rotatable bonds is 9. The minimum absolute atomic E-state index is 0.498. The summed E-state index contributed by atoms with van der Waals surface area (Å²) in [6, 6.07) is 68.3. The first-order valence-electron chi connectivity index (χ1n) is 21.6. The van der Waals surface area contributed by atoms with Crippen molar-refractivity contribution in [3.63, 3.8) is 0 Å². The summed E-state index contributed by atoms with van der Waals surface area (Å²) >= 11 is 3.96. The number of fused-ring (bicyclic) bond motifs is 9. The smallest absolute Gasteiger partial charge is 0.0720 e. The second-order valence-electron chi connectivity index (χ2n) is 15.1. The average molecular weight is 880 g/mol. The summed E-state index contributed by atoms with van der Waals surface area (Å²) in [5, 5.41) is 2.53. The zero-order valence-electron chi connectivity index (χ0n) is 36.1. The number of anilines is 6. The Hall–Kier alpha value is -7.20. The fourth-order valence-electron chi connectivity index (χ4n) is 9.10. The van der Waals surface area contributed by atoms with E-state index in [1.54, 1.807) is 12.2 Å². The van der Waals surface area contributed by atoms with Crippen molar-refractivity contribution in [2.24, 2.45) is 0 Å². The Morgan fingerprint density at radius 1 is 0.492 bits per heavy atom. The fourth-order valence-corrected chi connectivity index (χ4v) is 9.57. The molecule has 0 aromatic heterocycles. The van der Waals surface area contributed by atoms with Crippen molar-refractivity contribution in [2.75, 3.05) is 9.80 Å². The first kappa shape index (κ1) is 42.5. The van der Waals surface area contributed by atoms with E-state index in [-0.39, 0.29) is 0 Å². The molecule has 308 valence electrons. The Bertz CT molecular complexity index is 2940. The van der Waals surface area contributed by atoms with E-state index in [9.17, 15) is 0 Å². The molecule has 0 N–H and O–H groups in total. The lowest BCUT2D eigenvalue weighted by molar-refractivity contribution is 0.787. The zero-order chi connectivity index (χ0) is 43.8. The van der Waals surface area contributed by atoms with Gasteiger partial charge in [-0.15, -0.1) is 0 Å². The molecule has 0 aliphatic heterocycles. The second kappa shape index (κ2) is 19.2. The summed E-state index contributed by atoms with van der Waals surface area (Å²) in [5.74, 6) is 0. The highest BCUT2D eigenvalue weighted by molar-refractivity contribution is 9.10. The average Bonchev–Trinajstić information content (AvgIpc) is 3.83. The van der Waals surface area contributed by atoms with Gasteiger partial charge in [-0.2, -0.15) is 0 Å². The van der Waals surface area contributed by atoms with Crippen molar-refractivity contribution in [2.45, 2.75) is 26.2 Å². The van der Waals surface area contributed by atoms with Crippen LogP contribution in [0.15, 0.2) is 248 Å². The first-order valence-corrected chi connectivity index (χ1v) is 22.4. The quantitative estimate of drug-likeness (QED) is 0.133. The number of benzene rings is 8. The second-order valence-corrected chi connectivity index (χ2v) is 16.0. The predicted octanol–water partition coefficient (Wildman–Crippen LogP) is 17.8. The van der Waals surface area contributed by atoms with Gasteiger partial charge in [0.1, 0.15) is 0 Å². The molecule has 0 saturated carbocycles. The van der Waals surface area contributed by atoms with Gasteiger partial charge in [0.25, 0.3) is 0 Å². The topological polar surface area (TPSA) is 6.48 Å². The molecule has 0 bridgehead atoms. The lowest BCUT2D eigenvalue weighted by Crippen LogP contribution is -2.27. The number of nitrogens with zero attached hydrogens (tertiary/aromatic N) is 2. The van der Waals surface area contributed by atoms with Gasteiger partial charge in [-0.05, 0) is 129 Å². The van der Waals surface area contributed by atoms with Crippen LogP contribution < -0.4 is 9.80 Å². The highest BCUT2D eigenvalue weighted by Crippen LogP contribution is 2.62. The van der Waals surface area contributed by atoms with E-state index < -0.39 is 5.41 Å². The molecule has 0 saturated heterocycles. The molecule has 10 rings (SSSR count). The van der Waals surface area contributed by atoms with Crippen LogP contribution in [0, 0.1) is 0 Å². The molecule has 8 aromatic rings. The zero-order valence-corrected chi connectivity index (χ0v) is 37.7. The van der Waals surface area contributed by atoms with Crippen LogP contribution in [0.3, 0.4) is 0 Å². The third-order valence-electron chi connectivity index (χ3n) is 11.5. The molecule has 0 heterocycles. The minimum atomic E-state index is -0.498. The molecular formula is C60H51BrN2. The van der Waals surface area contributed by atoms with E-state index in [2.05, 4.69) is 264 Å². The van der Waals surface area contributed by atoms with Crippen LogP contribution in [0.1, 0.15) is 43.0 Å². The maximum absolute atomic E-state index is 3.96. The molecule has 63 heavy (non-hydrogen) atoms. The lowest BCUT2D eigenvalue weighted by Gasteiger charge is -2.33. The van der Waals surface area contributed by atoms with Crippen LogP contribution >= 0.6 is 15.9 Å². The number of halogens is 1. The van der Waals surface area contributed by atoms with Gasteiger partial charge in [-0.25, -0.2) is 0 Å². The summed E-state index contributed by atoms with van der Waals surface area (Å²) in [6.07, 6.45) is 14.4. The van der Waals surface area contributed by atoms with Crippen LogP contribution in [0.4, 0.5) is 34.1 Å². The van der Waals surface area contributed by atoms with Gasteiger partial charge in [0, 0.05) is 38.6 Å². The molecule has 1 atom stereocenters. The number of hydrogen-bond acceptors (Lipinski definition) is 2. The van der Waals surface area contributed by atoms with Gasteiger partial charge in [-0.3, -0.25) is 0 Å². The summed E-state index contributed by atoms with van der Waals surface area (Å²) in [4.78, 5) is 4.72. The summed E-state index contributed by atoms with van der Waals surface area (Å²) in [7, 11) is 0. The first-order chi connectivity index (χ1) is 31.1. The van der Waals surface area contributed by atoms with E-state index in [1.807, 2.05) is 13.8 Å². The molecule has 2 aliphatic rings. The number of para-hydroxylation sites is 3. The van der Waals surface area contributed by atoms with Gasteiger partial charge in [0.15, 0.2) is 0 Å². The maximum atomic E-state index is 3.96. The summed E-state index contributed by atoms with van der Waals surface area (Å²) in [5.41, 5.74) is 15.0. The molecular weight excluding hydrogens is 829 g/mol. The van der Waals surface area contributed by atoms with E-state index >= 15 is 0 Å². The summed E-state index contributed by atoms with van der Waals surface area (Å²) < 4.78 is 0.994. The van der Waals surface area contributed by atoms with Crippen molar-refractivity contribution in [3.8, 4) is 11.1 Å². The van der Waals surface area contributed by atoms with Crippen molar-refractivity contribution < 1.29 is 0 Å². The maximum Gasteiger partial charge on any atom is 0.0720 e. The highest BCUT2D eigenvalue weighted by atomic mass is 79.9. The van der Waals surface area contributed by atoms with Crippen molar-refractivity contribution in [1.29, 1.82) is 0 Å². The highest BCUT2D eigenvalue weighted by Gasteiger charge is 2.50. The molecule has 1 spiro atoms. The number of allylic oxidation sites excluding steroid dienone is 7. The van der Waals surface area contributed by atoms with E-state index in [0.29, 0.717) is 0 Å². The Labute approximate surface area is 382 Å². The van der Waals surface area contributed by atoms with Crippen LogP contribution in [0.25, 0.3) is 28.0 Å². The molecule has 0 amide bonds. The minimum Gasteiger partial charge on any atom is -0.310 e. The molecule has 0 fully saturated rings. The predicted molar refractivity (Wildman–Crippen MR) is 276 cm³/mol. The molecule has 1 unspecified atom stereocenters. The van der Waals surface area contributed by atoms with Gasteiger partial charge in [-0.1, -0.05) is 201 Å². The Kier molecular flexibility index (Phi) is 13.0. The van der Waals surface area contributed by atoms with E-state index in [1.165, 1.54) is 49.7 Å². The molecule has 3 heteroatoms. The molecule has 2 nitrogen and oxygen atoms in total. The third kappa shape index (κ3) is 7.93. The Morgan fingerprint density at radius 2 is 1.05 bits per heavy atom. The Balaban J connectivity index is 0.000000861. The van der Waals surface area contributed by atoms with E-state index in [0.717, 1.165) is 38.6 Å². The van der Waals surface area contributed by atoms with Crippen molar-refractivity contribution >= 4 is 66.9 Å². The summed E-state index contributed by atoms with van der Waals surface area (Å²) in [6.45, 7) is 12.8. The third-order valence-corrected chi connectivity index (χ3v) is 12.0. The van der Waals surface area contributed by atoms with Crippen LogP contribution in [-0.2, 0) is 5.41 Å². The number of hydrogen-bond donors (Lipinski definition) is 0. The molecule has 8 aromatic carbocycles. The largest absolute Gasteiger partial charge is 0.310 e. The normalized spacial score (nSPS) is 14.2. The van der Waals surface area contributed by atoms with Gasteiger partial charge in [0.05, 0.1) is 5.41 Å². The lowest BCUT2D eigenvalue weighted by atomic mass is 9.69. The van der Waals surface area contributed by atoms with Gasteiger partial charge in [0.2, 0.25) is 0 Å². The van der Waals surface area contributed by atoms with E-state index in [4.69, 9.17) is 0 Å². The van der Waals surface area contributed by atoms with Crippen molar-refractivity contribution in [1.82, 2.24) is 0 Å². The Morgan fingerprint density at radius 3 is 1.65 bits per heavy atom. The van der Waals surface area contributed by atoms with Crippen LogP contribution in [-0.4, -0.2) is 0 Å². The molecule has 0 radical (unpaired) electrons. The standard InChI is InChI=1S/C54H39BrN2.C4H6.C2H6/c1-2-3-7-20-40-33-39-19-15-17-28-50(39)54(40)51-32-29-38-18-14-16-27-48(38)53(51)49-31-30-45(37-52(49)54)57(44-25-12-6-13-26-44)47-35-41(55)34-46(36-47)56(42-21-8-4-9-22-42)43-23-10-5-11-24-43;1-3-4-2;1-2/h2-37H,1H3;3-4H,1-2H2;1-2H3/b3-2-,20-7-;;. The van der Waals surface area contributed by atoms with Crippen LogP contribution in [0.5, 0.6) is 0 Å². The SMILES string of the molecule is C/C=C\C=C/C1=Cc2ccccc2C12c1cc(N(c3ccccc3)c3cc(Br)cc(N(c4ccccc4)c4ccccc4)c3)ccc1-c1c2ccc2ccccc12.C=CC=C.CC. The van der Waals surface area contributed by atoms with Gasteiger partial charge >= 0.3 is 0 Å². The van der Waals surface area contributed by atoms with Gasteiger partial charge < -0.3 is 9.80 Å². The molecule has 2 aliphatic carbocycles. The fraction of sp³-hybridized carbons (Fsp3) is 0.0667.